The predicted molar refractivity (Wildman–Crippen MR) is 130 cm³/mol. The van der Waals surface area contributed by atoms with Crippen LogP contribution >= 0.6 is 0 Å². The largest absolute Gasteiger partial charge is 0.508 e. The van der Waals surface area contributed by atoms with Gasteiger partial charge in [-0.05, 0) is 41.0 Å². The number of pyridine rings is 1. The van der Waals surface area contributed by atoms with Gasteiger partial charge in [0.05, 0.1) is 18.5 Å². The van der Waals surface area contributed by atoms with E-state index in [-0.39, 0.29) is 52.8 Å². The summed E-state index contributed by atoms with van der Waals surface area (Å²) in [6, 6.07) is 5.08. The second kappa shape index (κ2) is 9.08. The third kappa shape index (κ3) is 4.25. The van der Waals surface area contributed by atoms with Crippen molar-refractivity contribution in [2.45, 2.75) is 19.4 Å². The Balaban J connectivity index is 1.65. The molecule has 0 radical (unpaired) electrons. The molecule has 1 unspecified atom stereocenters. The number of ether oxygens (including phenoxy) is 1. The van der Waals surface area contributed by atoms with Crippen LogP contribution in [0.2, 0.25) is 0 Å². The van der Waals surface area contributed by atoms with Crippen molar-refractivity contribution >= 4 is 37.7 Å². The first-order chi connectivity index (χ1) is 17.2. The number of halogens is 2. The van der Waals surface area contributed by atoms with E-state index in [4.69, 9.17) is 4.74 Å². The van der Waals surface area contributed by atoms with Gasteiger partial charge >= 0.3 is 6.01 Å². The number of anilines is 1. The molecule has 0 aliphatic carbocycles. The number of fused-ring (bicyclic) bond motifs is 2. The Bertz CT molecular complexity index is 1620. The van der Waals surface area contributed by atoms with Gasteiger partial charge < -0.3 is 15.2 Å². The normalized spacial score (nSPS) is 17.1. The van der Waals surface area contributed by atoms with Crippen LogP contribution in [0.4, 0.5) is 14.6 Å². The maximum Gasteiger partial charge on any atom is 0.318 e. The molecular weight excluding hydrogens is 494 g/mol. The van der Waals surface area contributed by atoms with Crippen LogP contribution in [0.5, 0.6) is 11.8 Å². The first kappa shape index (κ1) is 24.0. The number of nitrogens with zero attached hydrogens (tertiary/aromatic N) is 3. The molecule has 1 aliphatic rings. The van der Waals surface area contributed by atoms with Crippen LogP contribution in [0.3, 0.4) is 0 Å². The zero-order valence-corrected chi connectivity index (χ0v) is 20.1. The highest BCUT2D eigenvalue weighted by Gasteiger charge is 2.26. The van der Waals surface area contributed by atoms with Crippen LogP contribution in [-0.2, 0) is 16.6 Å². The minimum atomic E-state index is -3.55. The van der Waals surface area contributed by atoms with Crippen LogP contribution < -0.4 is 19.5 Å². The van der Waals surface area contributed by atoms with Crippen molar-refractivity contribution in [2.24, 2.45) is 0 Å². The summed E-state index contributed by atoms with van der Waals surface area (Å²) in [6.45, 7) is 2.11. The number of hydrogen-bond donors (Lipinski definition) is 4. The highest BCUT2D eigenvalue weighted by molar-refractivity contribution is 7.87. The van der Waals surface area contributed by atoms with E-state index in [9.17, 15) is 17.9 Å². The molecule has 10 nitrogen and oxygen atoms in total. The molecule has 0 spiro atoms. The molecular formula is C23H22F2N6O4S. The summed E-state index contributed by atoms with van der Waals surface area (Å²) >= 11 is 0. The van der Waals surface area contributed by atoms with Crippen LogP contribution in [-0.4, -0.2) is 54.7 Å². The zero-order valence-electron chi connectivity index (χ0n) is 19.3. The van der Waals surface area contributed by atoms with E-state index in [1.54, 1.807) is 6.92 Å². The smallest absolute Gasteiger partial charge is 0.318 e. The number of phenolic OH excluding ortho intramolecular Hbond substituents is 1. The van der Waals surface area contributed by atoms with Crippen molar-refractivity contribution in [3.63, 3.8) is 0 Å². The summed E-state index contributed by atoms with van der Waals surface area (Å²) in [5.74, 6) is -1.17. The SMILES string of the molecule is CCc1c(F)ccc2cc(O)cc(-c3ncc4c(NCC5CNS(=O)(=O)N5)nc(OC)nc4c3F)c12. The van der Waals surface area contributed by atoms with Crippen molar-refractivity contribution in [1.82, 2.24) is 24.4 Å². The Morgan fingerprint density at radius 2 is 2.06 bits per heavy atom. The maximum absolute atomic E-state index is 16.0. The molecule has 5 rings (SSSR count). The first-order valence-electron chi connectivity index (χ1n) is 11.1. The third-order valence-corrected chi connectivity index (χ3v) is 7.16. The molecule has 1 saturated heterocycles. The molecule has 2 aromatic carbocycles. The monoisotopic (exact) mass is 516 g/mol. The molecule has 36 heavy (non-hydrogen) atoms. The predicted octanol–water partition coefficient (Wildman–Crippen LogP) is 2.62. The van der Waals surface area contributed by atoms with Gasteiger partial charge in [0, 0.05) is 24.8 Å². The zero-order chi connectivity index (χ0) is 25.6. The van der Waals surface area contributed by atoms with Gasteiger partial charge in [-0.3, -0.25) is 4.98 Å². The van der Waals surface area contributed by atoms with Gasteiger partial charge in [0.25, 0.3) is 10.2 Å². The lowest BCUT2D eigenvalue weighted by Crippen LogP contribution is -2.33. The Morgan fingerprint density at radius 1 is 1.25 bits per heavy atom. The molecule has 0 amide bonds. The minimum absolute atomic E-state index is 0.106. The highest BCUT2D eigenvalue weighted by Crippen LogP contribution is 2.38. The molecule has 2 aromatic heterocycles. The quantitative estimate of drug-likeness (QED) is 0.307. The van der Waals surface area contributed by atoms with Gasteiger partial charge in [-0.15, -0.1) is 0 Å². The van der Waals surface area contributed by atoms with Crippen molar-refractivity contribution in [3.05, 3.63) is 47.7 Å². The van der Waals surface area contributed by atoms with E-state index in [0.717, 1.165) is 0 Å². The Kier molecular flexibility index (Phi) is 6.06. The molecule has 3 heterocycles. The Morgan fingerprint density at radius 3 is 2.75 bits per heavy atom. The van der Waals surface area contributed by atoms with E-state index in [1.807, 2.05) is 0 Å². The number of phenols is 1. The van der Waals surface area contributed by atoms with Gasteiger partial charge in [-0.2, -0.15) is 23.1 Å². The fourth-order valence-electron chi connectivity index (χ4n) is 4.33. The summed E-state index contributed by atoms with van der Waals surface area (Å²) in [4.78, 5) is 12.7. The van der Waals surface area contributed by atoms with Crippen LogP contribution in [0.25, 0.3) is 32.9 Å². The average molecular weight is 517 g/mol. The summed E-state index contributed by atoms with van der Waals surface area (Å²) < 4.78 is 63.7. The molecule has 1 atom stereocenters. The number of aryl methyl sites for hydroxylation is 1. The highest BCUT2D eigenvalue weighted by atomic mass is 32.2. The molecule has 1 fully saturated rings. The van der Waals surface area contributed by atoms with E-state index in [2.05, 4.69) is 29.7 Å². The number of hydrogen-bond acceptors (Lipinski definition) is 8. The molecule has 0 saturated carbocycles. The van der Waals surface area contributed by atoms with E-state index < -0.39 is 27.9 Å². The molecule has 4 N–H and O–H groups in total. The molecule has 13 heteroatoms. The molecule has 0 bridgehead atoms. The third-order valence-electron chi connectivity index (χ3n) is 5.97. The van der Waals surface area contributed by atoms with Crippen molar-refractivity contribution in [2.75, 3.05) is 25.5 Å². The van der Waals surface area contributed by atoms with Crippen molar-refractivity contribution in [3.8, 4) is 23.0 Å². The van der Waals surface area contributed by atoms with Crippen LogP contribution in [0.1, 0.15) is 12.5 Å². The molecule has 188 valence electrons. The number of nitrogens with one attached hydrogen (secondary N) is 3. The summed E-state index contributed by atoms with van der Waals surface area (Å²) in [5, 5.41) is 14.5. The van der Waals surface area contributed by atoms with Gasteiger partial charge in [0.15, 0.2) is 5.82 Å². The summed E-state index contributed by atoms with van der Waals surface area (Å²) in [5.41, 5.74) is 0.367. The maximum atomic E-state index is 16.0. The van der Waals surface area contributed by atoms with Gasteiger partial charge in [-0.1, -0.05) is 13.0 Å². The second-order valence-electron chi connectivity index (χ2n) is 8.26. The van der Waals surface area contributed by atoms with E-state index in [0.29, 0.717) is 22.8 Å². The second-order valence-corrected chi connectivity index (χ2v) is 9.79. The van der Waals surface area contributed by atoms with E-state index in [1.165, 1.54) is 37.6 Å². The molecule has 1 aliphatic heterocycles. The van der Waals surface area contributed by atoms with Gasteiger partial charge in [-0.25, -0.2) is 13.5 Å². The number of aromatic nitrogens is 3. The van der Waals surface area contributed by atoms with Crippen molar-refractivity contribution < 1.29 is 27.0 Å². The van der Waals surface area contributed by atoms with Crippen molar-refractivity contribution in [1.29, 1.82) is 0 Å². The standard InChI is InChI=1S/C23H22F2N6O4S/c1-3-14-17(24)5-4-11-6-13(32)7-15(18(11)14)20-19(25)21-16(10-26-20)22(30-23(29-21)35-2)27-8-12-9-28-36(33,34)31-12/h4-7,10,12,28,31-32H,3,8-9H2,1-2H3,(H,27,29,30). The van der Waals surface area contributed by atoms with Gasteiger partial charge in [0.2, 0.25) is 0 Å². The average Bonchev–Trinajstić information content (AvgIpc) is 3.21. The number of methoxy groups -OCH3 is 1. The number of aromatic hydroxyl groups is 1. The van der Waals surface area contributed by atoms with Gasteiger partial charge in [0.1, 0.15) is 28.6 Å². The molecule has 4 aromatic rings. The lowest BCUT2D eigenvalue weighted by Gasteiger charge is -2.15. The fraction of sp³-hybridized carbons (Fsp3) is 0.261. The summed E-state index contributed by atoms with van der Waals surface area (Å²) in [6.07, 6.45) is 1.72. The summed E-state index contributed by atoms with van der Waals surface area (Å²) in [7, 11) is -2.21. The lowest BCUT2D eigenvalue weighted by atomic mass is 9.94. The Hall–Kier alpha value is -3.68. The topological polar surface area (TPSA) is 138 Å². The van der Waals surface area contributed by atoms with Crippen LogP contribution in [0.15, 0.2) is 30.5 Å². The minimum Gasteiger partial charge on any atom is -0.508 e. The first-order valence-corrected chi connectivity index (χ1v) is 12.5. The Labute approximate surface area is 204 Å². The van der Waals surface area contributed by atoms with E-state index >= 15 is 4.39 Å². The number of benzene rings is 2. The lowest BCUT2D eigenvalue weighted by molar-refractivity contribution is 0.382. The fourth-order valence-corrected chi connectivity index (χ4v) is 5.44. The van der Waals surface area contributed by atoms with Crippen LogP contribution in [0, 0.1) is 11.6 Å². The number of rotatable bonds is 6.